The summed E-state index contributed by atoms with van der Waals surface area (Å²) in [6, 6.07) is 1.85. The van der Waals surface area contributed by atoms with Crippen LogP contribution in [-0.2, 0) is 5.41 Å². The summed E-state index contributed by atoms with van der Waals surface area (Å²) in [6.45, 7) is 2.66. The SMILES string of the molecule is Cc1cc2c(o1)C1(CCC1)CNC2=O. The van der Waals surface area contributed by atoms with E-state index < -0.39 is 0 Å². The van der Waals surface area contributed by atoms with Crippen LogP contribution in [0.1, 0.15) is 41.1 Å². The summed E-state index contributed by atoms with van der Waals surface area (Å²) >= 11 is 0. The van der Waals surface area contributed by atoms with E-state index in [2.05, 4.69) is 5.32 Å². The van der Waals surface area contributed by atoms with Crippen molar-refractivity contribution in [1.82, 2.24) is 5.32 Å². The van der Waals surface area contributed by atoms with E-state index in [4.69, 9.17) is 4.42 Å². The number of amides is 1. The first-order valence-corrected chi connectivity index (χ1v) is 5.10. The van der Waals surface area contributed by atoms with Gasteiger partial charge >= 0.3 is 0 Å². The molecule has 3 heteroatoms. The quantitative estimate of drug-likeness (QED) is 0.678. The molecule has 1 amide bonds. The van der Waals surface area contributed by atoms with Crippen LogP contribution in [0, 0.1) is 6.92 Å². The van der Waals surface area contributed by atoms with Crippen LogP contribution in [0.5, 0.6) is 0 Å². The molecule has 3 rings (SSSR count). The summed E-state index contributed by atoms with van der Waals surface area (Å²) in [5, 5.41) is 2.95. The largest absolute Gasteiger partial charge is 0.465 e. The van der Waals surface area contributed by atoms with Gasteiger partial charge in [-0.05, 0) is 25.8 Å². The van der Waals surface area contributed by atoms with E-state index in [1.807, 2.05) is 13.0 Å². The van der Waals surface area contributed by atoms with Crippen LogP contribution < -0.4 is 5.32 Å². The predicted molar refractivity (Wildman–Crippen MR) is 51.3 cm³/mol. The van der Waals surface area contributed by atoms with Crippen LogP contribution >= 0.6 is 0 Å². The smallest absolute Gasteiger partial charge is 0.254 e. The molecule has 74 valence electrons. The van der Waals surface area contributed by atoms with Gasteiger partial charge in [-0.3, -0.25) is 4.79 Å². The Morgan fingerprint density at radius 2 is 2.29 bits per heavy atom. The Kier molecular flexibility index (Phi) is 1.39. The zero-order valence-corrected chi connectivity index (χ0v) is 8.22. The van der Waals surface area contributed by atoms with Gasteiger partial charge in [0.05, 0.1) is 5.56 Å². The van der Waals surface area contributed by atoms with Crippen LogP contribution in [0.25, 0.3) is 0 Å². The second-order valence-electron chi connectivity index (χ2n) is 4.42. The van der Waals surface area contributed by atoms with Crippen LogP contribution in [0.2, 0.25) is 0 Å². The number of aryl methyl sites for hydroxylation is 1. The molecule has 1 aromatic heterocycles. The number of furan rings is 1. The Hall–Kier alpha value is -1.25. The van der Waals surface area contributed by atoms with Gasteiger partial charge in [-0.15, -0.1) is 0 Å². The van der Waals surface area contributed by atoms with Crippen molar-refractivity contribution in [3.63, 3.8) is 0 Å². The minimum atomic E-state index is 0.0226. The topological polar surface area (TPSA) is 42.2 Å². The van der Waals surface area contributed by atoms with Gasteiger partial charge in [0.1, 0.15) is 11.5 Å². The monoisotopic (exact) mass is 191 g/mol. The Morgan fingerprint density at radius 1 is 1.50 bits per heavy atom. The molecule has 1 spiro atoms. The summed E-state index contributed by atoms with van der Waals surface area (Å²) in [4.78, 5) is 11.6. The van der Waals surface area contributed by atoms with Crippen LogP contribution in [0.15, 0.2) is 10.5 Å². The van der Waals surface area contributed by atoms with Crippen LogP contribution in [0.3, 0.4) is 0 Å². The maximum atomic E-state index is 11.6. The number of rotatable bonds is 0. The lowest BCUT2D eigenvalue weighted by atomic mass is 9.65. The first-order valence-electron chi connectivity index (χ1n) is 5.10. The second-order valence-corrected chi connectivity index (χ2v) is 4.42. The molecule has 2 aliphatic rings. The van der Waals surface area contributed by atoms with Gasteiger partial charge in [-0.25, -0.2) is 0 Å². The van der Waals surface area contributed by atoms with Crippen molar-refractivity contribution < 1.29 is 9.21 Å². The molecule has 1 saturated carbocycles. The lowest BCUT2D eigenvalue weighted by Gasteiger charge is -2.42. The zero-order chi connectivity index (χ0) is 9.76. The van der Waals surface area contributed by atoms with Gasteiger partial charge < -0.3 is 9.73 Å². The highest BCUT2D eigenvalue weighted by atomic mass is 16.3. The molecule has 0 bridgehead atoms. The summed E-state index contributed by atoms with van der Waals surface area (Å²) < 4.78 is 5.67. The maximum Gasteiger partial charge on any atom is 0.254 e. The van der Waals surface area contributed by atoms with Crippen molar-refractivity contribution >= 4 is 5.91 Å². The van der Waals surface area contributed by atoms with E-state index >= 15 is 0 Å². The van der Waals surface area contributed by atoms with Crippen molar-refractivity contribution in [3.8, 4) is 0 Å². The molecule has 0 unspecified atom stereocenters. The Bertz CT molecular complexity index is 401. The third kappa shape index (κ3) is 0.846. The van der Waals surface area contributed by atoms with Crippen LogP contribution in [-0.4, -0.2) is 12.5 Å². The van der Waals surface area contributed by atoms with Crippen molar-refractivity contribution in [3.05, 3.63) is 23.2 Å². The van der Waals surface area contributed by atoms with Crippen LogP contribution in [0.4, 0.5) is 0 Å². The normalized spacial score (nSPS) is 22.8. The molecular weight excluding hydrogens is 178 g/mol. The Labute approximate surface area is 82.5 Å². The molecule has 0 aromatic carbocycles. The minimum Gasteiger partial charge on any atom is -0.465 e. The molecular formula is C11H13NO2. The summed E-state index contributed by atoms with van der Waals surface area (Å²) in [5.41, 5.74) is 0.894. The molecule has 1 aromatic rings. The maximum absolute atomic E-state index is 11.6. The Balaban J connectivity index is 2.16. The van der Waals surface area contributed by atoms with E-state index in [0.717, 1.165) is 36.5 Å². The van der Waals surface area contributed by atoms with Gasteiger partial charge in [-0.2, -0.15) is 0 Å². The van der Waals surface area contributed by atoms with E-state index in [-0.39, 0.29) is 11.3 Å². The number of nitrogens with one attached hydrogen (secondary N) is 1. The number of carbonyl (C=O) groups is 1. The molecule has 0 radical (unpaired) electrons. The average molecular weight is 191 g/mol. The highest BCUT2D eigenvalue weighted by Gasteiger charge is 2.47. The van der Waals surface area contributed by atoms with Gasteiger partial charge in [0.25, 0.3) is 5.91 Å². The number of fused-ring (bicyclic) bond motifs is 2. The third-order valence-electron chi connectivity index (χ3n) is 3.48. The Morgan fingerprint density at radius 3 is 2.93 bits per heavy atom. The highest BCUT2D eigenvalue weighted by Crippen LogP contribution is 2.47. The van der Waals surface area contributed by atoms with Gasteiger partial charge in [0.2, 0.25) is 0 Å². The molecule has 1 N–H and O–H groups in total. The van der Waals surface area contributed by atoms with Gasteiger partial charge in [0, 0.05) is 12.0 Å². The zero-order valence-electron chi connectivity index (χ0n) is 8.22. The third-order valence-corrected chi connectivity index (χ3v) is 3.48. The molecule has 0 saturated heterocycles. The van der Waals surface area contributed by atoms with Gasteiger partial charge in [-0.1, -0.05) is 6.42 Å². The van der Waals surface area contributed by atoms with E-state index in [1.54, 1.807) is 0 Å². The number of hydrogen-bond donors (Lipinski definition) is 1. The van der Waals surface area contributed by atoms with Crippen molar-refractivity contribution in [2.75, 3.05) is 6.54 Å². The lowest BCUT2D eigenvalue weighted by molar-refractivity contribution is 0.0871. The first-order chi connectivity index (χ1) is 6.71. The molecule has 0 atom stereocenters. The summed E-state index contributed by atoms with van der Waals surface area (Å²) in [7, 11) is 0. The summed E-state index contributed by atoms with van der Waals surface area (Å²) in [5.74, 6) is 1.80. The van der Waals surface area contributed by atoms with E-state index in [1.165, 1.54) is 6.42 Å². The van der Waals surface area contributed by atoms with Crippen molar-refractivity contribution in [2.45, 2.75) is 31.6 Å². The molecule has 1 fully saturated rings. The first kappa shape index (κ1) is 8.09. The highest BCUT2D eigenvalue weighted by molar-refractivity contribution is 5.97. The molecule has 3 nitrogen and oxygen atoms in total. The molecule has 2 heterocycles. The van der Waals surface area contributed by atoms with E-state index in [0.29, 0.717) is 0 Å². The fourth-order valence-electron chi connectivity index (χ4n) is 2.51. The molecule has 14 heavy (non-hydrogen) atoms. The standard InChI is InChI=1S/C11H13NO2/c1-7-5-8-9(14-7)11(3-2-4-11)6-12-10(8)13/h5H,2-4,6H2,1H3,(H,12,13). The second kappa shape index (κ2) is 2.41. The number of carbonyl (C=O) groups excluding carboxylic acids is 1. The fraction of sp³-hybridized carbons (Fsp3) is 0.545. The summed E-state index contributed by atoms with van der Waals surface area (Å²) in [6.07, 6.45) is 3.54. The molecule has 1 aliphatic heterocycles. The predicted octanol–water partition coefficient (Wildman–Crippen LogP) is 1.75. The van der Waals surface area contributed by atoms with E-state index in [9.17, 15) is 4.79 Å². The fourth-order valence-corrected chi connectivity index (χ4v) is 2.51. The van der Waals surface area contributed by atoms with Crippen molar-refractivity contribution in [2.24, 2.45) is 0 Å². The molecule has 1 aliphatic carbocycles. The van der Waals surface area contributed by atoms with Crippen molar-refractivity contribution in [1.29, 1.82) is 0 Å². The number of hydrogen-bond acceptors (Lipinski definition) is 2. The lowest BCUT2D eigenvalue weighted by Crippen LogP contribution is -2.50. The average Bonchev–Trinajstić information content (AvgIpc) is 2.45. The van der Waals surface area contributed by atoms with Gasteiger partial charge in [0.15, 0.2) is 0 Å². The minimum absolute atomic E-state index is 0.0226.